The van der Waals surface area contributed by atoms with Gasteiger partial charge in [-0.3, -0.25) is 5.10 Å². The fourth-order valence-corrected chi connectivity index (χ4v) is 3.12. The van der Waals surface area contributed by atoms with Crippen LogP contribution in [-0.2, 0) is 6.54 Å². The molecule has 0 bridgehead atoms. The van der Waals surface area contributed by atoms with Crippen LogP contribution in [-0.4, -0.2) is 27.4 Å². The molecule has 0 spiro atoms. The first-order valence-corrected chi connectivity index (χ1v) is 7.78. The predicted octanol–water partition coefficient (Wildman–Crippen LogP) is 2.86. The number of aromatic nitrogens is 2. The minimum atomic E-state index is -0.519. The minimum absolute atomic E-state index is 0.519. The smallest absolute Gasteiger partial charge is 0.0771 e. The van der Waals surface area contributed by atoms with E-state index in [0.717, 1.165) is 49.0 Å². The van der Waals surface area contributed by atoms with E-state index in [1.54, 1.807) is 0 Å². The Morgan fingerprint density at radius 1 is 1.14 bits per heavy atom. The highest BCUT2D eigenvalue weighted by Crippen LogP contribution is 2.27. The first-order valence-electron chi connectivity index (χ1n) is 7.78. The van der Waals surface area contributed by atoms with Gasteiger partial charge in [0.2, 0.25) is 0 Å². The third kappa shape index (κ3) is 3.52. The van der Waals surface area contributed by atoms with Gasteiger partial charge in [-0.2, -0.15) is 5.10 Å². The van der Waals surface area contributed by atoms with Crippen LogP contribution in [0.3, 0.4) is 0 Å². The van der Waals surface area contributed by atoms with E-state index in [1.165, 1.54) is 6.42 Å². The third-order valence-electron chi connectivity index (χ3n) is 4.33. The number of nitrogens with zero attached hydrogens (tertiary/aromatic N) is 1. The summed E-state index contributed by atoms with van der Waals surface area (Å²) in [6.45, 7) is 1.38. The van der Waals surface area contributed by atoms with Crippen molar-refractivity contribution in [3.8, 4) is 11.3 Å². The monoisotopic (exact) mass is 285 g/mol. The largest absolute Gasteiger partial charge is 0.389 e. The van der Waals surface area contributed by atoms with Gasteiger partial charge in [-0.25, -0.2) is 0 Å². The lowest BCUT2D eigenvalue weighted by Crippen LogP contribution is -2.41. The van der Waals surface area contributed by atoms with Gasteiger partial charge in [0.15, 0.2) is 0 Å². The zero-order chi connectivity index (χ0) is 14.5. The highest BCUT2D eigenvalue weighted by Gasteiger charge is 2.28. The van der Waals surface area contributed by atoms with Gasteiger partial charge in [0.05, 0.1) is 17.5 Å². The first-order chi connectivity index (χ1) is 10.3. The second kappa shape index (κ2) is 6.41. The van der Waals surface area contributed by atoms with Crippen molar-refractivity contribution in [2.45, 2.75) is 44.2 Å². The molecule has 3 rings (SSSR count). The molecular weight excluding hydrogens is 262 g/mol. The molecule has 1 fully saturated rings. The Balaban J connectivity index is 1.60. The van der Waals surface area contributed by atoms with Crippen molar-refractivity contribution in [3.05, 3.63) is 42.1 Å². The summed E-state index contributed by atoms with van der Waals surface area (Å²) in [6.07, 6.45) is 7.22. The van der Waals surface area contributed by atoms with Gasteiger partial charge in [0, 0.05) is 18.7 Å². The molecule has 0 saturated heterocycles. The molecule has 4 nitrogen and oxygen atoms in total. The van der Waals surface area contributed by atoms with Gasteiger partial charge in [0.1, 0.15) is 0 Å². The molecule has 4 heteroatoms. The molecule has 1 aliphatic carbocycles. The number of nitrogens with one attached hydrogen (secondary N) is 2. The Labute approximate surface area is 125 Å². The molecular formula is C17H23N3O. The molecule has 1 saturated carbocycles. The van der Waals surface area contributed by atoms with Crippen LogP contribution < -0.4 is 5.32 Å². The lowest BCUT2D eigenvalue weighted by Gasteiger charge is -2.32. The van der Waals surface area contributed by atoms with E-state index in [9.17, 15) is 5.11 Å². The fourth-order valence-electron chi connectivity index (χ4n) is 3.12. The number of aliphatic hydroxyl groups is 1. The van der Waals surface area contributed by atoms with Gasteiger partial charge in [-0.1, -0.05) is 49.6 Å². The molecule has 2 aromatic rings. The number of H-pyrrole nitrogens is 1. The second-order valence-electron chi connectivity index (χ2n) is 6.02. The van der Waals surface area contributed by atoms with Gasteiger partial charge >= 0.3 is 0 Å². The van der Waals surface area contributed by atoms with Gasteiger partial charge in [-0.15, -0.1) is 0 Å². The SMILES string of the molecule is OC1(CNCc2cn[nH]c2-c2ccccc2)CCCCC1. The van der Waals surface area contributed by atoms with Crippen molar-refractivity contribution in [3.63, 3.8) is 0 Å². The average molecular weight is 285 g/mol. The van der Waals surface area contributed by atoms with E-state index < -0.39 is 5.60 Å². The second-order valence-corrected chi connectivity index (χ2v) is 6.02. The molecule has 1 aliphatic rings. The van der Waals surface area contributed by atoms with Crippen molar-refractivity contribution in [2.75, 3.05) is 6.54 Å². The average Bonchev–Trinajstić information content (AvgIpc) is 2.97. The molecule has 1 aromatic heterocycles. The van der Waals surface area contributed by atoms with E-state index in [4.69, 9.17) is 0 Å². The summed E-state index contributed by atoms with van der Waals surface area (Å²) >= 11 is 0. The molecule has 3 N–H and O–H groups in total. The van der Waals surface area contributed by atoms with Crippen LogP contribution in [0.15, 0.2) is 36.5 Å². The summed E-state index contributed by atoms with van der Waals surface area (Å²) in [5.41, 5.74) is 2.82. The van der Waals surface area contributed by atoms with E-state index >= 15 is 0 Å². The molecule has 0 atom stereocenters. The van der Waals surface area contributed by atoms with Crippen LogP contribution >= 0.6 is 0 Å². The van der Waals surface area contributed by atoms with Crippen LogP contribution in [0, 0.1) is 0 Å². The normalized spacial score (nSPS) is 17.8. The Bertz CT molecular complexity index is 558. The summed E-state index contributed by atoms with van der Waals surface area (Å²) in [4.78, 5) is 0. The van der Waals surface area contributed by atoms with Crippen molar-refractivity contribution in [1.82, 2.24) is 15.5 Å². The van der Waals surface area contributed by atoms with E-state index in [0.29, 0.717) is 6.54 Å². The molecule has 21 heavy (non-hydrogen) atoms. The summed E-state index contributed by atoms with van der Waals surface area (Å²) in [5, 5.41) is 21.1. The fraction of sp³-hybridized carbons (Fsp3) is 0.471. The lowest BCUT2D eigenvalue weighted by molar-refractivity contribution is 0.00468. The van der Waals surface area contributed by atoms with Crippen molar-refractivity contribution < 1.29 is 5.11 Å². The van der Waals surface area contributed by atoms with E-state index in [2.05, 4.69) is 27.6 Å². The summed E-state index contributed by atoms with van der Waals surface area (Å²) in [6, 6.07) is 10.2. The van der Waals surface area contributed by atoms with Crippen LogP contribution in [0.2, 0.25) is 0 Å². The quantitative estimate of drug-likeness (QED) is 0.791. The number of hydrogen-bond acceptors (Lipinski definition) is 3. The summed E-state index contributed by atoms with van der Waals surface area (Å²) in [7, 11) is 0. The zero-order valence-electron chi connectivity index (χ0n) is 12.3. The Morgan fingerprint density at radius 2 is 1.90 bits per heavy atom. The maximum Gasteiger partial charge on any atom is 0.0771 e. The number of hydrogen-bond donors (Lipinski definition) is 3. The molecule has 112 valence electrons. The minimum Gasteiger partial charge on any atom is -0.389 e. The van der Waals surface area contributed by atoms with Gasteiger partial charge in [0.25, 0.3) is 0 Å². The number of benzene rings is 1. The van der Waals surface area contributed by atoms with Crippen LogP contribution in [0.4, 0.5) is 0 Å². The van der Waals surface area contributed by atoms with Crippen molar-refractivity contribution in [2.24, 2.45) is 0 Å². The van der Waals surface area contributed by atoms with E-state index in [-0.39, 0.29) is 0 Å². The standard InChI is InChI=1S/C17H23N3O/c21-17(9-5-2-6-10-17)13-18-11-15-12-19-20-16(15)14-7-3-1-4-8-14/h1,3-4,7-8,12,18,21H,2,5-6,9-11,13H2,(H,19,20). The van der Waals surface area contributed by atoms with Crippen LogP contribution in [0.25, 0.3) is 11.3 Å². The summed E-state index contributed by atoms with van der Waals surface area (Å²) in [5.74, 6) is 0. The van der Waals surface area contributed by atoms with E-state index in [1.807, 2.05) is 24.4 Å². The maximum absolute atomic E-state index is 10.5. The maximum atomic E-state index is 10.5. The molecule has 1 heterocycles. The number of aromatic amines is 1. The zero-order valence-corrected chi connectivity index (χ0v) is 12.3. The first kappa shape index (κ1) is 14.3. The Hall–Kier alpha value is -1.65. The van der Waals surface area contributed by atoms with Gasteiger partial charge in [-0.05, 0) is 18.4 Å². The molecule has 0 aliphatic heterocycles. The van der Waals surface area contributed by atoms with Crippen LogP contribution in [0.1, 0.15) is 37.7 Å². The van der Waals surface area contributed by atoms with Crippen LogP contribution in [0.5, 0.6) is 0 Å². The number of rotatable bonds is 5. The Morgan fingerprint density at radius 3 is 2.67 bits per heavy atom. The summed E-state index contributed by atoms with van der Waals surface area (Å²) < 4.78 is 0. The molecule has 1 aromatic carbocycles. The lowest BCUT2D eigenvalue weighted by atomic mass is 9.85. The third-order valence-corrected chi connectivity index (χ3v) is 4.33. The highest BCUT2D eigenvalue weighted by atomic mass is 16.3. The van der Waals surface area contributed by atoms with Crippen molar-refractivity contribution in [1.29, 1.82) is 0 Å². The predicted molar refractivity (Wildman–Crippen MR) is 83.8 cm³/mol. The highest BCUT2D eigenvalue weighted by molar-refractivity contribution is 5.62. The molecule has 0 unspecified atom stereocenters. The Kier molecular flexibility index (Phi) is 4.36. The molecule has 0 amide bonds. The molecule has 0 radical (unpaired) electrons. The van der Waals surface area contributed by atoms with Gasteiger partial charge < -0.3 is 10.4 Å². The van der Waals surface area contributed by atoms with Crippen molar-refractivity contribution >= 4 is 0 Å². The topological polar surface area (TPSA) is 60.9 Å².